The second-order valence-electron chi connectivity index (χ2n) is 7.03. The van der Waals surface area contributed by atoms with Crippen molar-refractivity contribution >= 4 is 47.2 Å². The molecule has 0 atom stereocenters. The van der Waals surface area contributed by atoms with Gasteiger partial charge in [-0.15, -0.1) is 11.3 Å². The Balaban J connectivity index is 2.09. The van der Waals surface area contributed by atoms with Crippen molar-refractivity contribution in [2.75, 3.05) is 0 Å². The monoisotopic (exact) mass is 416 g/mol. The molecule has 0 saturated heterocycles. The Bertz CT molecular complexity index is 644. The first-order valence-corrected chi connectivity index (χ1v) is 12.2. The SMILES string of the molecule is CC(C)(C)[Si](C)(C)Oc1ccc(Cc2cc(Br)sc2Cl)cc1. The summed E-state index contributed by atoms with van der Waals surface area (Å²) >= 11 is 11.3. The van der Waals surface area contributed by atoms with Crippen LogP contribution in [0, 0.1) is 0 Å². The second-order valence-corrected chi connectivity index (χ2v) is 14.8. The third-order valence-corrected chi connectivity index (χ3v) is 10.5. The standard InChI is InChI=1S/C17H22BrClOSSi/c1-17(2,3)22(4,5)20-14-8-6-12(7-9-14)10-13-11-15(18)21-16(13)19/h6-9,11H,10H2,1-5H3. The molecule has 1 aromatic carbocycles. The lowest BCUT2D eigenvalue weighted by Gasteiger charge is -2.36. The van der Waals surface area contributed by atoms with Crippen molar-refractivity contribution in [2.24, 2.45) is 0 Å². The molecule has 0 spiro atoms. The fourth-order valence-electron chi connectivity index (χ4n) is 1.84. The molecule has 1 aromatic heterocycles. The molecule has 0 saturated carbocycles. The van der Waals surface area contributed by atoms with Crippen LogP contribution in [-0.2, 0) is 6.42 Å². The maximum Gasteiger partial charge on any atom is 0.250 e. The van der Waals surface area contributed by atoms with Crippen molar-refractivity contribution in [1.29, 1.82) is 0 Å². The van der Waals surface area contributed by atoms with Crippen molar-refractivity contribution in [3.05, 3.63) is 49.6 Å². The predicted molar refractivity (Wildman–Crippen MR) is 104 cm³/mol. The summed E-state index contributed by atoms with van der Waals surface area (Å²) in [7, 11) is -1.77. The normalized spacial score (nSPS) is 12.5. The first kappa shape index (κ1) is 18.1. The summed E-state index contributed by atoms with van der Waals surface area (Å²) in [5.74, 6) is 0.966. The van der Waals surface area contributed by atoms with Gasteiger partial charge in [-0.25, -0.2) is 0 Å². The molecule has 0 bridgehead atoms. The third kappa shape index (κ3) is 4.37. The van der Waals surface area contributed by atoms with Crippen molar-refractivity contribution in [3.8, 4) is 5.75 Å². The van der Waals surface area contributed by atoms with Gasteiger partial charge in [-0.1, -0.05) is 44.5 Å². The van der Waals surface area contributed by atoms with Crippen LogP contribution >= 0.6 is 38.9 Å². The van der Waals surface area contributed by atoms with Crippen molar-refractivity contribution < 1.29 is 4.43 Å². The topological polar surface area (TPSA) is 9.23 Å². The summed E-state index contributed by atoms with van der Waals surface area (Å²) < 4.78 is 8.24. The molecule has 0 unspecified atom stereocenters. The molecule has 1 nitrogen and oxygen atoms in total. The van der Waals surface area contributed by atoms with Crippen molar-refractivity contribution in [3.63, 3.8) is 0 Å². The molecule has 0 radical (unpaired) electrons. The highest BCUT2D eigenvalue weighted by Crippen LogP contribution is 2.37. The third-order valence-electron chi connectivity index (χ3n) is 4.22. The number of halogens is 2. The van der Waals surface area contributed by atoms with E-state index in [4.69, 9.17) is 16.0 Å². The number of hydrogen-bond acceptors (Lipinski definition) is 2. The number of rotatable bonds is 4. The van der Waals surface area contributed by atoms with E-state index in [0.29, 0.717) is 0 Å². The van der Waals surface area contributed by atoms with Gasteiger partial charge in [0.2, 0.25) is 8.32 Å². The predicted octanol–water partition coefficient (Wildman–Crippen LogP) is 7.14. The Morgan fingerprint density at radius 2 is 1.77 bits per heavy atom. The summed E-state index contributed by atoms with van der Waals surface area (Å²) in [6.07, 6.45) is 0.849. The van der Waals surface area contributed by atoms with E-state index in [1.807, 2.05) is 0 Å². The minimum absolute atomic E-state index is 0.210. The molecule has 1 heterocycles. The van der Waals surface area contributed by atoms with E-state index in [9.17, 15) is 0 Å². The lowest BCUT2D eigenvalue weighted by Crippen LogP contribution is -2.43. The van der Waals surface area contributed by atoms with Gasteiger partial charge in [0.15, 0.2) is 0 Å². The summed E-state index contributed by atoms with van der Waals surface area (Å²) in [5, 5.41) is 0.210. The van der Waals surface area contributed by atoms with Gasteiger partial charge in [-0.2, -0.15) is 0 Å². The zero-order valence-electron chi connectivity index (χ0n) is 13.7. The second kappa shape index (κ2) is 6.68. The fourth-order valence-corrected chi connectivity index (χ4v) is 4.92. The average molecular weight is 418 g/mol. The smallest absolute Gasteiger partial charge is 0.250 e. The highest BCUT2D eigenvalue weighted by Gasteiger charge is 2.38. The molecule has 0 amide bonds. The Labute approximate surface area is 151 Å². The van der Waals surface area contributed by atoms with Crippen LogP contribution in [-0.4, -0.2) is 8.32 Å². The highest BCUT2D eigenvalue weighted by molar-refractivity contribution is 9.11. The molecular formula is C17H22BrClOSSi. The molecule has 2 aromatic rings. The van der Waals surface area contributed by atoms with Gasteiger partial charge in [0.25, 0.3) is 0 Å². The van der Waals surface area contributed by atoms with Gasteiger partial charge in [-0.3, -0.25) is 0 Å². The van der Waals surface area contributed by atoms with Crippen molar-refractivity contribution in [2.45, 2.75) is 45.3 Å². The molecule has 0 aliphatic rings. The van der Waals surface area contributed by atoms with Gasteiger partial charge in [-0.05, 0) is 69.8 Å². The van der Waals surface area contributed by atoms with Crippen LogP contribution in [0.3, 0.4) is 0 Å². The van der Waals surface area contributed by atoms with Crippen LogP contribution in [0.25, 0.3) is 0 Å². The van der Waals surface area contributed by atoms with E-state index in [0.717, 1.165) is 25.9 Å². The van der Waals surface area contributed by atoms with Crippen LogP contribution in [0.1, 0.15) is 31.9 Å². The van der Waals surface area contributed by atoms with Crippen LogP contribution < -0.4 is 4.43 Å². The van der Waals surface area contributed by atoms with Crippen LogP contribution in [0.4, 0.5) is 0 Å². The maximum atomic E-state index is 6.31. The quantitative estimate of drug-likeness (QED) is 0.480. The van der Waals surface area contributed by atoms with Gasteiger partial charge >= 0.3 is 0 Å². The number of hydrogen-bond donors (Lipinski definition) is 0. The minimum Gasteiger partial charge on any atom is -0.544 e. The fraction of sp³-hybridized carbons (Fsp3) is 0.412. The molecule has 120 valence electrons. The molecule has 0 aliphatic heterocycles. The van der Waals surface area contributed by atoms with Crippen LogP contribution in [0.2, 0.25) is 22.5 Å². The lowest BCUT2D eigenvalue weighted by atomic mass is 10.1. The summed E-state index contributed by atoms with van der Waals surface area (Å²) in [4.78, 5) is 0. The van der Waals surface area contributed by atoms with Gasteiger partial charge in [0, 0.05) is 0 Å². The molecular weight excluding hydrogens is 396 g/mol. The van der Waals surface area contributed by atoms with Crippen molar-refractivity contribution in [1.82, 2.24) is 0 Å². The molecule has 22 heavy (non-hydrogen) atoms. The highest BCUT2D eigenvalue weighted by atomic mass is 79.9. The number of benzene rings is 1. The molecule has 0 fully saturated rings. The Morgan fingerprint density at radius 1 is 1.18 bits per heavy atom. The number of thiophene rings is 1. The van der Waals surface area contributed by atoms with Gasteiger partial charge in [0.05, 0.1) is 8.12 Å². The molecule has 2 rings (SSSR count). The maximum absolute atomic E-state index is 6.31. The largest absolute Gasteiger partial charge is 0.544 e. The van der Waals surface area contributed by atoms with E-state index >= 15 is 0 Å². The Kier molecular flexibility index (Phi) is 5.48. The average Bonchev–Trinajstić information content (AvgIpc) is 2.68. The Hall–Kier alpha value is -0.293. The first-order chi connectivity index (χ1) is 10.1. The minimum atomic E-state index is -1.77. The van der Waals surface area contributed by atoms with E-state index in [1.54, 1.807) is 11.3 Å². The summed E-state index contributed by atoms with van der Waals surface area (Å²) in [6.45, 7) is 11.3. The first-order valence-electron chi connectivity index (χ1n) is 7.30. The summed E-state index contributed by atoms with van der Waals surface area (Å²) in [5.41, 5.74) is 2.41. The lowest BCUT2D eigenvalue weighted by molar-refractivity contribution is 0.492. The molecule has 5 heteroatoms. The van der Waals surface area contributed by atoms with E-state index in [2.05, 4.69) is 80.1 Å². The van der Waals surface area contributed by atoms with Gasteiger partial charge in [0.1, 0.15) is 5.75 Å². The Morgan fingerprint density at radius 3 is 2.23 bits per heavy atom. The van der Waals surface area contributed by atoms with Gasteiger partial charge < -0.3 is 4.43 Å². The molecule has 0 aliphatic carbocycles. The van der Waals surface area contributed by atoms with Crippen LogP contribution in [0.15, 0.2) is 34.1 Å². The van der Waals surface area contributed by atoms with E-state index in [1.165, 1.54) is 5.56 Å². The zero-order chi connectivity index (χ0) is 16.5. The molecule has 0 N–H and O–H groups in total. The van der Waals surface area contributed by atoms with Crippen LogP contribution in [0.5, 0.6) is 5.75 Å². The van der Waals surface area contributed by atoms with E-state index in [-0.39, 0.29) is 5.04 Å². The zero-order valence-corrected chi connectivity index (χ0v) is 17.8. The van der Waals surface area contributed by atoms with E-state index < -0.39 is 8.32 Å². The summed E-state index contributed by atoms with van der Waals surface area (Å²) in [6, 6.07) is 10.5.